The first-order valence-electron chi connectivity index (χ1n) is 9.53. The third-order valence-electron chi connectivity index (χ3n) is 4.33. The summed E-state index contributed by atoms with van der Waals surface area (Å²) >= 11 is 1.87. The van der Waals surface area contributed by atoms with Gasteiger partial charge in [0.2, 0.25) is 5.95 Å². The highest BCUT2D eigenvalue weighted by molar-refractivity contribution is 14.0. The predicted octanol–water partition coefficient (Wildman–Crippen LogP) is 3.36. The molecule has 3 rings (SSSR count). The Morgan fingerprint density at radius 1 is 1.11 bits per heavy atom. The van der Waals surface area contributed by atoms with Gasteiger partial charge in [-0.2, -0.15) is 0 Å². The van der Waals surface area contributed by atoms with Crippen molar-refractivity contribution in [1.82, 2.24) is 20.2 Å². The van der Waals surface area contributed by atoms with Crippen molar-refractivity contribution in [3.8, 4) is 0 Å². The van der Waals surface area contributed by atoms with E-state index in [-0.39, 0.29) is 24.0 Å². The van der Waals surface area contributed by atoms with Gasteiger partial charge in [-0.1, -0.05) is 25.1 Å². The fraction of sp³-hybridized carbons (Fsp3) is 0.450. The molecule has 1 unspecified atom stereocenters. The zero-order valence-corrected chi connectivity index (χ0v) is 19.6. The number of hydrogen-bond acceptors (Lipinski definition) is 5. The van der Waals surface area contributed by atoms with E-state index in [1.165, 1.54) is 4.90 Å². The Bertz CT molecular complexity index is 707. The number of hydrogen-bond donors (Lipinski definition) is 1. The number of halogens is 1. The summed E-state index contributed by atoms with van der Waals surface area (Å²) in [6, 6.07) is 12.4. The smallest absolute Gasteiger partial charge is 0.225 e. The molecule has 2 aromatic rings. The topological polar surface area (TPSA) is 56.7 Å². The number of thioether (sulfide) groups is 1. The van der Waals surface area contributed by atoms with Crippen molar-refractivity contribution in [2.75, 3.05) is 44.2 Å². The van der Waals surface area contributed by atoms with Crippen molar-refractivity contribution in [1.29, 1.82) is 0 Å². The average molecular weight is 512 g/mol. The number of piperazine rings is 1. The van der Waals surface area contributed by atoms with Crippen molar-refractivity contribution < 1.29 is 0 Å². The number of nitrogens with one attached hydrogen (secondary N) is 1. The lowest BCUT2D eigenvalue weighted by atomic mass is 10.3. The molecule has 0 radical (unpaired) electrons. The molecule has 1 aliphatic rings. The minimum absolute atomic E-state index is 0. The number of aromatic nitrogens is 2. The van der Waals surface area contributed by atoms with Gasteiger partial charge < -0.3 is 15.1 Å². The standard InChI is InChI=1S/C20H28N6S.HI/c1-3-21-19(24-16-17(2)27-18-8-5-4-6-9-18)25-12-14-26(15-13-25)20-22-10-7-11-23-20;/h4-11,17H,3,12-16H2,1-2H3,(H,21,24);1H. The molecule has 1 aromatic carbocycles. The summed E-state index contributed by atoms with van der Waals surface area (Å²) in [5, 5.41) is 3.87. The van der Waals surface area contributed by atoms with Gasteiger partial charge in [0.15, 0.2) is 5.96 Å². The number of rotatable bonds is 6. The maximum absolute atomic E-state index is 4.89. The second-order valence-electron chi connectivity index (χ2n) is 6.46. The lowest BCUT2D eigenvalue weighted by Crippen LogP contribution is -2.53. The van der Waals surface area contributed by atoms with Crippen molar-refractivity contribution >= 4 is 47.6 Å². The van der Waals surface area contributed by atoms with Crippen LogP contribution >= 0.6 is 35.7 Å². The van der Waals surface area contributed by atoms with E-state index in [2.05, 4.69) is 69.3 Å². The monoisotopic (exact) mass is 512 g/mol. The van der Waals surface area contributed by atoms with Gasteiger partial charge in [-0.05, 0) is 25.1 Å². The van der Waals surface area contributed by atoms with E-state index < -0.39 is 0 Å². The van der Waals surface area contributed by atoms with Crippen LogP contribution in [-0.4, -0.2) is 65.3 Å². The van der Waals surface area contributed by atoms with Crippen LogP contribution in [0.25, 0.3) is 0 Å². The molecule has 0 amide bonds. The fourth-order valence-corrected chi connectivity index (χ4v) is 3.91. The van der Waals surface area contributed by atoms with Crippen molar-refractivity contribution in [3.63, 3.8) is 0 Å². The summed E-state index contributed by atoms with van der Waals surface area (Å²) in [5.74, 6) is 1.82. The second kappa shape index (κ2) is 12.1. The van der Waals surface area contributed by atoms with Gasteiger partial charge >= 0.3 is 0 Å². The summed E-state index contributed by atoms with van der Waals surface area (Å²) in [6.07, 6.45) is 3.60. The minimum Gasteiger partial charge on any atom is -0.357 e. The van der Waals surface area contributed by atoms with E-state index in [1.807, 2.05) is 17.8 Å². The Kier molecular flexibility index (Phi) is 9.83. The Morgan fingerprint density at radius 3 is 2.43 bits per heavy atom. The second-order valence-corrected chi connectivity index (χ2v) is 7.97. The summed E-state index contributed by atoms with van der Waals surface area (Å²) < 4.78 is 0. The Morgan fingerprint density at radius 2 is 1.79 bits per heavy atom. The van der Waals surface area contributed by atoms with Gasteiger partial charge in [0, 0.05) is 55.3 Å². The molecular weight excluding hydrogens is 483 g/mol. The molecule has 28 heavy (non-hydrogen) atoms. The first kappa shape index (κ1) is 22.7. The predicted molar refractivity (Wildman–Crippen MR) is 129 cm³/mol. The van der Waals surface area contributed by atoms with E-state index in [0.717, 1.165) is 51.2 Å². The van der Waals surface area contributed by atoms with E-state index >= 15 is 0 Å². The summed E-state index contributed by atoms with van der Waals surface area (Å²) in [6.45, 7) is 9.67. The molecule has 0 saturated carbocycles. The van der Waals surface area contributed by atoms with Crippen LogP contribution in [0.4, 0.5) is 5.95 Å². The Hall–Kier alpha value is -1.55. The molecule has 1 saturated heterocycles. The number of anilines is 1. The highest BCUT2D eigenvalue weighted by Gasteiger charge is 2.21. The largest absolute Gasteiger partial charge is 0.357 e. The van der Waals surface area contributed by atoms with E-state index in [4.69, 9.17) is 4.99 Å². The summed E-state index contributed by atoms with van der Waals surface area (Å²) in [5.41, 5.74) is 0. The fourth-order valence-electron chi connectivity index (χ4n) is 2.98. The molecule has 8 heteroatoms. The molecule has 0 spiro atoms. The van der Waals surface area contributed by atoms with Crippen LogP contribution in [-0.2, 0) is 0 Å². The lowest BCUT2D eigenvalue weighted by Gasteiger charge is -2.36. The zero-order valence-electron chi connectivity index (χ0n) is 16.5. The van der Waals surface area contributed by atoms with Gasteiger partial charge in [0.25, 0.3) is 0 Å². The van der Waals surface area contributed by atoms with Gasteiger partial charge in [0.1, 0.15) is 0 Å². The molecular formula is C20H29IN6S. The van der Waals surface area contributed by atoms with Crippen LogP contribution in [0.5, 0.6) is 0 Å². The number of guanidine groups is 1. The molecule has 1 aromatic heterocycles. The van der Waals surface area contributed by atoms with Crippen LogP contribution in [0.2, 0.25) is 0 Å². The third kappa shape index (κ3) is 6.80. The van der Waals surface area contributed by atoms with E-state index in [9.17, 15) is 0 Å². The molecule has 2 heterocycles. The maximum atomic E-state index is 4.89. The highest BCUT2D eigenvalue weighted by atomic mass is 127. The SMILES string of the molecule is CCNC(=NCC(C)Sc1ccccc1)N1CCN(c2ncccn2)CC1.I. The molecule has 6 nitrogen and oxygen atoms in total. The quantitative estimate of drug-likeness (QED) is 0.277. The Balaban J connectivity index is 0.00000280. The van der Waals surface area contributed by atoms with E-state index in [1.54, 1.807) is 12.4 Å². The summed E-state index contributed by atoms with van der Waals surface area (Å²) in [7, 11) is 0. The zero-order chi connectivity index (χ0) is 18.9. The van der Waals surface area contributed by atoms with Crippen molar-refractivity contribution in [2.24, 2.45) is 4.99 Å². The van der Waals surface area contributed by atoms with Crippen LogP contribution in [0, 0.1) is 0 Å². The lowest BCUT2D eigenvalue weighted by molar-refractivity contribution is 0.370. The molecule has 0 aliphatic carbocycles. The number of benzene rings is 1. The van der Waals surface area contributed by atoms with Crippen LogP contribution in [0.3, 0.4) is 0 Å². The maximum Gasteiger partial charge on any atom is 0.225 e. The van der Waals surface area contributed by atoms with Crippen molar-refractivity contribution in [2.45, 2.75) is 24.0 Å². The first-order valence-corrected chi connectivity index (χ1v) is 10.4. The minimum atomic E-state index is 0. The normalized spacial score (nSPS) is 15.7. The molecule has 1 atom stereocenters. The van der Waals surface area contributed by atoms with Gasteiger partial charge in [-0.3, -0.25) is 4.99 Å². The molecule has 1 N–H and O–H groups in total. The highest BCUT2D eigenvalue weighted by Crippen LogP contribution is 2.22. The summed E-state index contributed by atoms with van der Waals surface area (Å²) in [4.78, 5) is 19.5. The molecule has 1 fully saturated rings. The van der Waals surface area contributed by atoms with Crippen LogP contribution in [0.15, 0.2) is 58.7 Å². The third-order valence-corrected chi connectivity index (χ3v) is 5.42. The van der Waals surface area contributed by atoms with Crippen molar-refractivity contribution in [3.05, 3.63) is 48.8 Å². The van der Waals surface area contributed by atoms with Crippen LogP contribution in [0.1, 0.15) is 13.8 Å². The molecule has 152 valence electrons. The molecule has 0 bridgehead atoms. The first-order chi connectivity index (χ1) is 13.3. The number of aliphatic imine (C=N–C) groups is 1. The van der Waals surface area contributed by atoms with Crippen LogP contribution < -0.4 is 10.2 Å². The number of nitrogens with zero attached hydrogens (tertiary/aromatic N) is 5. The average Bonchev–Trinajstić information content (AvgIpc) is 2.73. The molecule has 1 aliphatic heterocycles. The van der Waals surface area contributed by atoms with Gasteiger partial charge in [-0.15, -0.1) is 35.7 Å². The van der Waals surface area contributed by atoms with Gasteiger partial charge in [0.05, 0.1) is 6.54 Å². The Labute approximate surface area is 189 Å². The van der Waals surface area contributed by atoms with Gasteiger partial charge in [-0.25, -0.2) is 9.97 Å². The van der Waals surface area contributed by atoms with E-state index in [0.29, 0.717) is 5.25 Å².